The zero-order chi connectivity index (χ0) is 9.61. The molecule has 1 rings (SSSR count). The highest BCUT2D eigenvalue weighted by molar-refractivity contribution is 7.45. The van der Waals surface area contributed by atoms with E-state index in [1.54, 1.807) is 0 Å². The van der Waals surface area contributed by atoms with E-state index in [4.69, 9.17) is 19.2 Å². The first-order chi connectivity index (χ1) is 5.39. The van der Waals surface area contributed by atoms with E-state index < -0.39 is 7.82 Å². The van der Waals surface area contributed by atoms with Crippen LogP contribution in [0.15, 0.2) is 30.3 Å². The number of rotatable bonds is 0. The first-order valence-electron chi connectivity index (χ1n) is 3.19. The van der Waals surface area contributed by atoms with Crippen LogP contribution in [0.3, 0.4) is 0 Å². The molecule has 0 radical (unpaired) electrons. The number of benzene rings is 1. The van der Waals surface area contributed by atoms with E-state index in [-0.39, 0.29) is 0 Å². The van der Waals surface area contributed by atoms with Gasteiger partial charge in [0.1, 0.15) is 0 Å². The molecular formula is C7H11O4P. The summed E-state index contributed by atoms with van der Waals surface area (Å²) >= 11 is 0. The third-order valence-electron chi connectivity index (χ3n) is 0.940. The molecule has 3 N–H and O–H groups in total. The summed E-state index contributed by atoms with van der Waals surface area (Å²) < 4.78 is 8.88. The fraction of sp³-hybridized carbons (Fsp3) is 0.143. The molecule has 0 aliphatic heterocycles. The molecule has 68 valence electrons. The van der Waals surface area contributed by atoms with Crippen molar-refractivity contribution >= 4 is 7.82 Å². The van der Waals surface area contributed by atoms with Gasteiger partial charge in [0.25, 0.3) is 0 Å². The van der Waals surface area contributed by atoms with Crippen molar-refractivity contribution in [3.05, 3.63) is 35.9 Å². The Balaban J connectivity index is 0.000000217. The standard InChI is InChI=1S/C7H8.H3O4P/c1-7-5-3-2-4-6-7;1-5(2,3)4/h2-6H,1H3;(H3,1,2,3,4). The summed E-state index contributed by atoms with van der Waals surface area (Å²) in [5, 5.41) is 0. The maximum Gasteiger partial charge on any atom is 0.466 e. The summed E-state index contributed by atoms with van der Waals surface area (Å²) in [5.41, 5.74) is 1.32. The summed E-state index contributed by atoms with van der Waals surface area (Å²) in [6, 6.07) is 10.3. The van der Waals surface area contributed by atoms with Crippen LogP contribution in [-0.4, -0.2) is 14.7 Å². The van der Waals surface area contributed by atoms with E-state index in [9.17, 15) is 0 Å². The zero-order valence-electron chi connectivity index (χ0n) is 6.58. The number of hydrogen-bond acceptors (Lipinski definition) is 1. The highest BCUT2D eigenvalue weighted by Crippen LogP contribution is 2.25. The van der Waals surface area contributed by atoms with Gasteiger partial charge in [-0.1, -0.05) is 35.9 Å². The molecule has 0 saturated carbocycles. The van der Waals surface area contributed by atoms with Crippen molar-refractivity contribution in [2.75, 3.05) is 0 Å². The number of phosphoric acid groups is 1. The Hall–Kier alpha value is -0.670. The van der Waals surface area contributed by atoms with Crippen LogP contribution in [0.4, 0.5) is 0 Å². The van der Waals surface area contributed by atoms with Gasteiger partial charge < -0.3 is 14.7 Å². The van der Waals surface area contributed by atoms with Gasteiger partial charge in [0, 0.05) is 0 Å². The zero-order valence-corrected chi connectivity index (χ0v) is 7.48. The Morgan fingerprint density at radius 2 is 1.42 bits per heavy atom. The summed E-state index contributed by atoms with van der Waals surface area (Å²) in [7, 11) is -4.64. The Kier molecular flexibility index (Phi) is 4.78. The molecule has 1 aromatic rings. The van der Waals surface area contributed by atoms with Crippen molar-refractivity contribution in [2.24, 2.45) is 0 Å². The van der Waals surface area contributed by atoms with Gasteiger partial charge in [-0.15, -0.1) is 0 Å². The van der Waals surface area contributed by atoms with Crippen molar-refractivity contribution in [2.45, 2.75) is 6.92 Å². The molecule has 5 heteroatoms. The van der Waals surface area contributed by atoms with Crippen molar-refractivity contribution in [3.63, 3.8) is 0 Å². The van der Waals surface area contributed by atoms with Gasteiger partial charge in [-0.25, -0.2) is 4.57 Å². The molecule has 0 spiro atoms. The lowest BCUT2D eigenvalue weighted by Gasteiger charge is -1.82. The van der Waals surface area contributed by atoms with Crippen LogP contribution in [0.1, 0.15) is 5.56 Å². The molecule has 0 aliphatic carbocycles. The molecule has 0 saturated heterocycles. The average molecular weight is 190 g/mol. The first kappa shape index (κ1) is 11.3. The van der Waals surface area contributed by atoms with Crippen LogP contribution in [-0.2, 0) is 4.57 Å². The lowest BCUT2D eigenvalue weighted by atomic mass is 10.2. The molecule has 1 aromatic carbocycles. The molecule has 0 amide bonds. The van der Waals surface area contributed by atoms with Crippen LogP contribution in [0.2, 0.25) is 0 Å². The van der Waals surface area contributed by atoms with E-state index in [1.807, 2.05) is 18.2 Å². The summed E-state index contributed by atoms with van der Waals surface area (Å²) in [6.07, 6.45) is 0. The Morgan fingerprint density at radius 3 is 1.58 bits per heavy atom. The van der Waals surface area contributed by atoms with E-state index in [2.05, 4.69) is 19.1 Å². The predicted octanol–water partition coefficient (Wildman–Crippen LogP) is 1.07. The Labute approximate surface area is 70.7 Å². The predicted molar refractivity (Wildman–Crippen MR) is 45.4 cm³/mol. The van der Waals surface area contributed by atoms with Crippen LogP contribution in [0.5, 0.6) is 0 Å². The fourth-order valence-corrected chi connectivity index (χ4v) is 0.534. The van der Waals surface area contributed by atoms with Crippen LogP contribution < -0.4 is 0 Å². The van der Waals surface area contributed by atoms with Crippen molar-refractivity contribution in [1.29, 1.82) is 0 Å². The minimum absolute atomic E-state index is 1.32. The Bertz CT molecular complexity index is 245. The lowest BCUT2D eigenvalue weighted by molar-refractivity contribution is 0.275. The maximum absolute atomic E-state index is 8.88. The van der Waals surface area contributed by atoms with Gasteiger partial charge in [0.2, 0.25) is 0 Å². The molecule has 0 aliphatic rings. The third kappa shape index (κ3) is 12.0. The Morgan fingerprint density at radius 1 is 1.08 bits per heavy atom. The molecule has 0 aromatic heterocycles. The van der Waals surface area contributed by atoms with Gasteiger partial charge >= 0.3 is 7.82 Å². The summed E-state index contributed by atoms with van der Waals surface area (Å²) in [5.74, 6) is 0. The van der Waals surface area contributed by atoms with E-state index in [0.29, 0.717) is 0 Å². The highest BCUT2D eigenvalue weighted by Gasteiger charge is 2.00. The lowest BCUT2D eigenvalue weighted by Crippen LogP contribution is -1.66. The summed E-state index contributed by atoms with van der Waals surface area (Å²) in [6.45, 7) is 2.08. The normalized spacial score (nSPS) is 10.0. The van der Waals surface area contributed by atoms with Crippen LogP contribution >= 0.6 is 7.82 Å². The molecule has 0 unspecified atom stereocenters. The van der Waals surface area contributed by atoms with E-state index in [1.165, 1.54) is 5.56 Å². The van der Waals surface area contributed by atoms with E-state index in [0.717, 1.165) is 0 Å². The largest absolute Gasteiger partial charge is 0.466 e. The number of hydrogen-bond donors (Lipinski definition) is 3. The van der Waals surface area contributed by atoms with Gasteiger partial charge in [-0.2, -0.15) is 0 Å². The van der Waals surface area contributed by atoms with Crippen LogP contribution in [0, 0.1) is 6.92 Å². The SMILES string of the molecule is Cc1ccccc1.O=P(O)(O)O. The molecule has 4 nitrogen and oxygen atoms in total. The molecule has 0 fully saturated rings. The third-order valence-corrected chi connectivity index (χ3v) is 0.940. The van der Waals surface area contributed by atoms with Crippen LogP contribution in [0.25, 0.3) is 0 Å². The minimum Gasteiger partial charge on any atom is -0.303 e. The quantitative estimate of drug-likeness (QED) is 0.534. The van der Waals surface area contributed by atoms with E-state index >= 15 is 0 Å². The second-order valence-electron chi connectivity index (χ2n) is 2.17. The van der Waals surface area contributed by atoms with Gasteiger partial charge in [-0.3, -0.25) is 0 Å². The van der Waals surface area contributed by atoms with Crippen molar-refractivity contribution in [3.8, 4) is 0 Å². The maximum atomic E-state index is 8.88. The smallest absolute Gasteiger partial charge is 0.303 e. The highest BCUT2D eigenvalue weighted by atomic mass is 31.2. The van der Waals surface area contributed by atoms with Crippen molar-refractivity contribution in [1.82, 2.24) is 0 Å². The fourth-order valence-electron chi connectivity index (χ4n) is 0.534. The minimum atomic E-state index is -4.64. The first-order valence-corrected chi connectivity index (χ1v) is 4.76. The molecule has 0 atom stereocenters. The second kappa shape index (κ2) is 5.06. The molecular weight excluding hydrogens is 179 g/mol. The average Bonchev–Trinajstić information content (AvgIpc) is 1.85. The summed E-state index contributed by atoms with van der Waals surface area (Å²) in [4.78, 5) is 21.6. The number of aryl methyl sites for hydroxylation is 1. The molecule has 12 heavy (non-hydrogen) atoms. The molecule has 0 heterocycles. The van der Waals surface area contributed by atoms with Gasteiger partial charge in [0.15, 0.2) is 0 Å². The molecule has 0 bridgehead atoms. The second-order valence-corrected chi connectivity index (χ2v) is 3.19. The van der Waals surface area contributed by atoms with Gasteiger partial charge in [-0.05, 0) is 6.92 Å². The topological polar surface area (TPSA) is 77.8 Å². The van der Waals surface area contributed by atoms with Gasteiger partial charge in [0.05, 0.1) is 0 Å². The van der Waals surface area contributed by atoms with Crippen molar-refractivity contribution < 1.29 is 19.2 Å². The monoisotopic (exact) mass is 190 g/mol.